The Hall–Kier alpha value is -1.27. The highest BCUT2D eigenvalue weighted by Crippen LogP contribution is 2.13. The zero-order chi connectivity index (χ0) is 15.9. The van der Waals surface area contributed by atoms with Crippen molar-refractivity contribution in [3.63, 3.8) is 0 Å². The number of nitrogens with zero attached hydrogens (tertiary/aromatic N) is 1. The number of carbonyl (C=O) groups is 1. The molecule has 1 amide bonds. The molecule has 0 unspecified atom stereocenters. The summed E-state index contributed by atoms with van der Waals surface area (Å²) in [6, 6.07) is 6.82. The molecule has 21 heavy (non-hydrogen) atoms. The molecule has 1 rings (SSSR count). The lowest BCUT2D eigenvalue weighted by atomic mass is 10.1. The predicted octanol–water partition coefficient (Wildman–Crippen LogP) is 2.08. The van der Waals surface area contributed by atoms with Crippen LogP contribution in [0.4, 0.5) is 5.69 Å². The summed E-state index contributed by atoms with van der Waals surface area (Å²) in [5.41, 5.74) is 1.35. The first kappa shape index (κ1) is 17.8. The van der Waals surface area contributed by atoms with Gasteiger partial charge in [0.15, 0.2) is 0 Å². The van der Waals surface area contributed by atoms with E-state index in [1.54, 1.807) is 38.4 Å². The lowest BCUT2D eigenvalue weighted by molar-refractivity contribution is -0.127. The van der Waals surface area contributed by atoms with Crippen LogP contribution in [0.2, 0.25) is 0 Å². The SMILES string of the molecule is CN(C)C(=O)Cc1ccc(NS(=O)(=O)CCCCCl)cc1. The Bertz CT molecular complexity index is 556. The van der Waals surface area contributed by atoms with Gasteiger partial charge in [0.25, 0.3) is 0 Å². The number of amides is 1. The average Bonchev–Trinajstić information content (AvgIpc) is 2.40. The van der Waals surface area contributed by atoms with Gasteiger partial charge in [0.05, 0.1) is 12.2 Å². The predicted molar refractivity (Wildman–Crippen MR) is 86.2 cm³/mol. The van der Waals surface area contributed by atoms with E-state index >= 15 is 0 Å². The quantitative estimate of drug-likeness (QED) is 0.585. The monoisotopic (exact) mass is 332 g/mol. The first-order valence-electron chi connectivity index (χ1n) is 6.69. The third-order valence-corrected chi connectivity index (χ3v) is 4.52. The largest absolute Gasteiger partial charge is 0.349 e. The van der Waals surface area contributed by atoms with Crippen LogP contribution in [0.5, 0.6) is 0 Å². The number of hydrogen-bond donors (Lipinski definition) is 1. The van der Waals surface area contributed by atoms with E-state index in [-0.39, 0.29) is 11.7 Å². The van der Waals surface area contributed by atoms with Gasteiger partial charge in [0.1, 0.15) is 0 Å². The normalized spacial score (nSPS) is 11.2. The van der Waals surface area contributed by atoms with Crippen molar-refractivity contribution in [1.29, 1.82) is 0 Å². The molecule has 0 heterocycles. The van der Waals surface area contributed by atoms with Gasteiger partial charge in [-0.2, -0.15) is 0 Å². The number of anilines is 1. The van der Waals surface area contributed by atoms with E-state index in [0.717, 1.165) is 5.56 Å². The Morgan fingerprint density at radius 2 is 1.81 bits per heavy atom. The maximum atomic E-state index is 11.8. The lowest BCUT2D eigenvalue weighted by Gasteiger charge is -2.11. The first-order valence-corrected chi connectivity index (χ1v) is 8.88. The van der Waals surface area contributed by atoms with Crippen LogP contribution in [0.1, 0.15) is 18.4 Å². The van der Waals surface area contributed by atoms with Gasteiger partial charge in [-0.25, -0.2) is 8.42 Å². The zero-order valence-electron chi connectivity index (χ0n) is 12.3. The average molecular weight is 333 g/mol. The van der Waals surface area contributed by atoms with Crippen LogP contribution in [0.3, 0.4) is 0 Å². The zero-order valence-corrected chi connectivity index (χ0v) is 13.9. The number of unbranched alkanes of at least 4 members (excludes halogenated alkanes) is 1. The fourth-order valence-corrected chi connectivity index (χ4v) is 3.01. The van der Waals surface area contributed by atoms with Crippen LogP contribution in [-0.2, 0) is 21.2 Å². The summed E-state index contributed by atoms with van der Waals surface area (Å²) in [5.74, 6) is 0.523. The number of halogens is 1. The molecular formula is C14H21ClN2O3S. The molecule has 0 saturated carbocycles. The topological polar surface area (TPSA) is 66.5 Å². The van der Waals surface area contributed by atoms with Crippen molar-refractivity contribution in [3.8, 4) is 0 Å². The Kier molecular flexibility index (Phi) is 6.98. The van der Waals surface area contributed by atoms with Crippen LogP contribution in [0, 0.1) is 0 Å². The molecule has 7 heteroatoms. The third kappa shape index (κ3) is 6.82. The Morgan fingerprint density at radius 3 is 2.33 bits per heavy atom. The van der Waals surface area contributed by atoms with Gasteiger partial charge in [-0.1, -0.05) is 12.1 Å². The molecular weight excluding hydrogens is 312 g/mol. The maximum absolute atomic E-state index is 11.8. The molecule has 0 bridgehead atoms. The van der Waals surface area contributed by atoms with Gasteiger partial charge in [-0.05, 0) is 30.5 Å². The standard InChI is InChI=1S/C14H21ClN2O3S/c1-17(2)14(18)11-12-5-7-13(8-6-12)16-21(19,20)10-4-3-9-15/h5-8,16H,3-4,9-11H2,1-2H3. The van der Waals surface area contributed by atoms with Crippen molar-refractivity contribution in [2.75, 3.05) is 30.5 Å². The van der Waals surface area contributed by atoms with E-state index in [1.165, 1.54) is 4.90 Å². The second kappa shape index (κ2) is 8.24. The van der Waals surface area contributed by atoms with Crippen LogP contribution in [0.15, 0.2) is 24.3 Å². The molecule has 1 aromatic carbocycles. The molecule has 0 atom stereocenters. The minimum Gasteiger partial charge on any atom is -0.349 e. The van der Waals surface area contributed by atoms with Gasteiger partial charge >= 0.3 is 0 Å². The molecule has 0 radical (unpaired) electrons. The molecule has 0 fully saturated rings. The summed E-state index contributed by atoms with van der Waals surface area (Å²) in [6.45, 7) is 0. The Morgan fingerprint density at radius 1 is 1.19 bits per heavy atom. The second-order valence-corrected chi connectivity index (χ2v) is 7.20. The highest BCUT2D eigenvalue weighted by molar-refractivity contribution is 7.92. The number of hydrogen-bond acceptors (Lipinski definition) is 3. The van der Waals surface area contributed by atoms with Crippen LogP contribution < -0.4 is 4.72 Å². The molecule has 0 aliphatic heterocycles. The van der Waals surface area contributed by atoms with Crippen molar-refractivity contribution < 1.29 is 13.2 Å². The molecule has 0 saturated heterocycles. The summed E-state index contributed by atoms with van der Waals surface area (Å²) < 4.78 is 26.1. The molecule has 118 valence electrons. The molecule has 5 nitrogen and oxygen atoms in total. The van der Waals surface area contributed by atoms with Crippen LogP contribution in [-0.4, -0.2) is 45.0 Å². The summed E-state index contributed by atoms with van der Waals surface area (Å²) in [5, 5.41) is 0. The smallest absolute Gasteiger partial charge is 0.232 e. The molecule has 1 aromatic rings. The fourth-order valence-electron chi connectivity index (χ4n) is 1.64. The molecule has 1 N–H and O–H groups in total. The van der Waals surface area contributed by atoms with Gasteiger partial charge in [0.2, 0.25) is 15.9 Å². The lowest BCUT2D eigenvalue weighted by Crippen LogP contribution is -2.23. The van der Waals surface area contributed by atoms with Crippen molar-refractivity contribution >= 4 is 33.2 Å². The van der Waals surface area contributed by atoms with Gasteiger partial charge in [-0.15, -0.1) is 11.6 Å². The number of rotatable bonds is 8. The maximum Gasteiger partial charge on any atom is 0.232 e. The van der Waals surface area contributed by atoms with E-state index in [0.29, 0.717) is 30.8 Å². The van der Waals surface area contributed by atoms with E-state index in [2.05, 4.69) is 4.72 Å². The number of likely N-dealkylation sites (N-methyl/N-ethyl adjacent to an activating group) is 1. The molecule has 0 spiro atoms. The minimum absolute atomic E-state index is 0.00408. The second-order valence-electron chi connectivity index (χ2n) is 4.98. The highest BCUT2D eigenvalue weighted by atomic mass is 35.5. The Balaban J connectivity index is 2.60. The highest BCUT2D eigenvalue weighted by Gasteiger charge is 2.10. The summed E-state index contributed by atoms with van der Waals surface area (Å²) in [6.07, 6.45) is 1.51. The Labute approximate surface area is 131 Å². The van der Waals surface area contributed by atoms with Crippen LogP contribution >= 0.6 is 11.6 Å². The van der Waals surface area contributed by atoms with E-state index in [4.69, 9.17) is 11.6 Å². The number of benzene rings is 1. The molecule has 0 aromatic heterocycles. The van der Waals surface area contributed by atoms with Gasteiger partial charge < -0.3 is 4.90 Å². The third-order valence-electron chi connectivity index (χ3n) is 2.88. The number of alkyl halides is 1. The van der Waals surface area contributed by atoms with Crippen molar-refractivity contribution in [3.05, 3.63) is 29.8 Å². The first-order chi connectivity index (χ1) is 9.84. The van der Waals surface area contributed by atoms with Crippen LogP contribution in [0.25, 0.3) is 0 Å². The number of sulfonamides is 1. The van der Waals surface area contributed by atoms with E-state index in [9.17, 15) is 13.2 Å². The molecule has 0 aliphatic carbocycles. The summed E-state index contributed by atoms with van der Waals surface area (Å²) >= 11 is 5.53. The summed E-state index contributed by atoms with van der Waals surface area (Å²) in [7, 11) is 0.0601. The van der Waals surface area contributed by atoms with Crippen molar-refractivity contribution in [2.45, 2.75) is 19.3 Å². The van der Waals surface area contributed by atoms with Gasteiger partial charge in [-0.3, -0.25) is 9.52 Å². The van der Waals surface area contributed by atoms with Crippen molar-refractivity contribution in [2.24, 2.45) is 0 Å². The fraction of sp³-hybridized carbons (Fsp3) is 0.500. The van der Waals surface area contributed by atoms with E-state index in [1.807, 2.05) is 0 Å². The van der Waals surface area contributed by atoms with Crippen molar-refractivity contribution in [1.82, 2.24) is 4.90 Å². The minimum atomic E-state index is -3.34. The van der Waals surface area contributed by atoms with E-state index < -0.39 is 10.0 Å². The number of carbonyl (C=O) groups excluding carboxylic acids is 1. The molecule has 0 aliphatic rings. The summed E-state index contributed by atoms with van der Waals surface area (Å²) in [4.78, 5) is 13.1. The van der Waals surface area contributed by atoms with Gasteiger partial charge in [0, 0.05) is 25.7 Å². The number of nitrogens with one attached hydrogen (secondary N) is 1.